The van der Waals surface area contributed by atoms with Crippen molar-refractivity contribution in [1.29, 1.82) is 0 Å². The Morgan fingerprint density at radius 2 is 1.44 bits per heavy atom. The summed E-state index contributed by atoms with van der Waals surface area (Å²) in [5.74, 6) is -0.872. The first-order valence-electron chi connectivity index (χ1n) is 13.0. The zero-order valence-corrected chi connectivity index (χ0v) is 23.5. The molecule has 0 radical (unpaired) electrons. The van der Waals surface area contributed by atoms with Gasteiger partial charge in [-0.3, -0.25) is 19.7 Å². The molecular weight excluding hydrogens is 563 g/mol. The van der Waals surface area contributed by atoms with Crippen LogP contribution < -0.4 is 4.74 Å². The molecular formula is C30H27ClF3NO6. The van der Waals surface area contributed by atoms with E-state index in [1.165, 1.54) is 18.2 Å². The number of nitro groups is 1. The molecule has 41 heavy (non-hydrogen) atoms. The SMILES string of the molecule is CC1(C)CC(=O)C2=C(C1)OC1=C(C(=O)CC(C)(C)C1)C2c1cc(Cl)ccc1Oc1ccc(C(F)(F)F)cc1[N+](=O)[O-]. The molecule has 0 saturated heterocycles. The lowest BCUT2D eigenvalue weighted by Crippen LogP contribution is -2.37. The molecule has 1 heterocycles. The molecule has 216 valence electrons. The second-order valence-electron chi connectivity index (χ2n) is 12.3. The lowest BCUT2D eigenvalue weighted by Gasteiger charge is -2.43. The van der Waals surface area contributed by atoms with Gasteiger partial charge in [0.15, 0.2) is 11.6 Å². The molecule has 2 aliphatic carbocycles. The first kappa shape index (κ1) is 28.9. The van der Waals surface area contributed by atoms with E-state index < -0.39 is 34.0 Å². The Balaban J connectivity index is 1.70. The minimum absolute atomic E-state index is 0.0122. The minimum atomic E-state index is -4.80. The second kappa shape index (κ2) is 9.72. The van der Waals surface area contributed by atoms with Gasteiger partial charge in [-0.05, 0) is 41.2 Å². The average molecular weight is 590 g/mol. The summed E-state index contributed by atoms with van der Waals surface area (Å²) in [7, 11) is 0. The average Bonchev–Trinajstić information content (AvgIpc) is 2.81. The number of ether oxygens (including phenoxy) is 2. The fourth-order valence-electron chi connectivity index (χ4n) is 5.86. The van der Waals surface area contributed by atoms with Gasteiger partial charge in [0, 0.05) is 53.5 Å². The first-order valence-corrected chi connectivity index (χ1v) is 13.4. The van der Waals surface area contributed by atoms with Crippen LogP contribution in [0.4, 0.5) is 18.9 Å². The first-order chi connectivity index (χ1) is 19.0. The fraction of sp³-hybridized carbons (Fsp3) is 0.400. The number of carbonyl (C=O) groups is 2. The molecule has 0 fully saturated rings. The van der Waals surface area contributed by atoms with Gasteiger partial charge in [-0.15, -0.1) is 0 Å². The van der Waals surface area contributed by atoms with Gasteiger partial charge in [0.2, 0.25) is 5.75 Å². The number of rotatable bonds is 4. The number of nitro benzene ring substituents is 1. The third-order valence-electron chi connectivity index (χ3n) is 7.57. The summed E-state index contributed by atoms with van der Waals surface area (Å²) < 4.78 is 52.0. The largest absolute Gasteiger partial charge is 0.465 e. The molecule has 1 aliphatic heterocycles. The molecule has 0 spiro atoms. The van der Waals surface area contributed by atoms with E-state index in [4.69, 9.17) is 21.1 Å². The number of carbonyl (C=O) groups excluding carboxylic acids is 2. The predicted molar refractivity (Wildman–Crippen MR) is 144 cm³/mol. The molecule has 0 N–H and O–H groups in total. The van der Waals surface area contributed by atoms with Crippen molar-refractivity contribution in [1.82, 2.24) is 0 Å². The van der Waals surface area contributed by atoms with Crippen LogP contribution in [0.25, 0.3) is 0 Å². The number of alkyl halides is 3. The maximum Gasteiger partial charge on any atom is 0.416 e. The maximum atomic E-state index is 13.6. The normalized spacial score (nSPS) is 20.4. The summed E-state index contributed by atoms with van der Waals surface area (Å²) in [6.07, 6.45) is -3.51. The Hall–Kier alpha value is -3.66. The number of Topliss-reactive ketones (excluding diaryl/α,β-unsaturated/α-hetero) is 2. The van der Waals surface area contributed by atoms with Crippen LogP contribution >= 0.6 is 11.6 Å². The number of hydrogen-bond donors (Lipinski definition) is 0. The van der Waals surface area contributed by atoms with Gasteiger partial charge in [-0.2, -0.15) is 13.2 Å². The summed E-state index contributed by atoms with van der Waals surface area (Å²) >= 11 is 6.38. The molecule has 0 bridgehead atoms. The van der Waals surface area contributed by atoms with E-state index in [1.807, 2.05) is 27.7 Å². The lowest BCUT2D eigenvalue weighted by atomic mass is 9.65. The van der Waals surface area contributed by atoms with Crippen molar-refractivity contribution in [2.75, 3.05) is 0 Å². The molecule has 2 aromatic carbocycles. The van der Waals surface area contributed by atoms with Gasteiger partial charge in [-0.1, -0.05) is 39.3 Å². The Morgan fingerprint density at radius 3 is 1.95 bits per heavy atom. The molecule has 5 rings (SSSR count). The van der Waals surface area contributed by atoms with E-state index >= 15 is 0 Å². The zero-order valence-electron chi connectivity index (χ0n) is 22.8. The molecule has 3 aliphatic rings. The highest BCUT2D eigenvalue weighted by Crippen LogP contribution is 2.55. The monoisotopic (exact) mass is 589 g/mol. The predicted octanol–water partition coefficient (Wildman–Crippen LogP) is 8.46. The number of halogens is 4. The lowest BCUT2D eigenvalue weighted by molar-refractivity contribution is -0.385. The van der Waals surface area contributed by atoms with Crippen molar-refractivity contribution in [2.45, 2.75) is 65.5 Å². The van der Waals surface area contributed by atoms with E-state index in [-0.39, 0.29) is 51.6 Å². The van der Waals surface area contributed by atoms with Crippen LogP contribution in [0.2, 0.25) is 5.02 Å². The van der Waals surface area contributed by atoms with Crippen molar-refractivity contribution in [2.24, 2.45) is 10.8 Å². The van der Waals surface area contributed by atoms with Gasteiger partial charge in [0.1, 0.15) is 17.3 Å². The quantitative estimate of drug-likeness (QED) is 0.262. The third kappa shape index (κ3) is 5.49. The summed E-state index contributed by atoms with van der Waals surface area (Å²) in [5.41, 5.74) is -1.99. The molecule has 0 aromatic heterocycles. The van der Waals surface area contributed by atoms with Crippen molar-refractivity contribution in [3.8, 4) is 11.5 Å². The van der Waals surface area contributed by atoms with Gasteiger partial charge in [0.05, 0.1) is 16.4 Å². The van der Waals surface area contributed by atoms with Gasteiger partial charge < -0.3 is 9.47 Å². The van der Waals surface area contributed by atoms with Crippen molar-refractivity contribution in [3.05, 3.63) is 85.3 Å². The van der Waals surface area contributed by atoms with E-state index in [9.17, 15) is 32.9 Å². The van der Waals surface area contributed by atoms with Gasteiger partial charge in [-0.25, -0.2) is 0 Å². The van der Waals surface area contributed by atoms with Crippen molar-refractivity contribution in [3.63, 3.8) is 0 Å². The minimum Gasteiger partial charge on any atom is -0.465 e. The molecule has 0 unspecified atom stereocenters. The van der Waals surface area contributed by atoms with Crippen LogP contribution in [0.3, 0.4) is 0 Å². The smallest absolute Gasteiger partial charge is 0.416 e. The summed E-state index contributed by atoms with van der Waals surface area (Å²) in [6, 6.07) is 6.36. The number of benzene rings is 2. The van der Waals surface area contributed by atoms with Crippen LogP contribution in [0.15, 0.2) is 59.1 Å². The van der Waals surface area contributed by atoms with Gasteiger partial charge >= 0.3 is 11.9 Å². The molecule has 0 saturated carbocycles. The highest BCUT2D eigenvalue weighted by molar-refractivity contribution is 6.30. The van der Waals surface area contributed by atoms with Crippen LogP contribution in [0.1, 0.15) is 70.4 Å². The second-order valence-corrected chi connectivity index (χ2v) is 12.7. The summed E-state index contributed by atoms with van der Waals surface area (Å²) in [5, 5.41) is 12.0. The van der Waals surface area contributed by atoms with Crippen LogP contribution in [0, 0.1) is 20.9 Å². The zero-order chi connectivity index (χ0) is 30.1. The molecule has 11 heteroatoms. The molecule has 0 amide bonds. The van der Waals surface area contributed by atoms with E-state index in [0.29, 0.717) is 47.6 Å². The standard InChI is InChI=1S/C30H27ClF3NO6/c1-28(2)11-19(36)26-23(13-28)41-24-14-29(3,4)12-20(37)27(24)25(26)17-10-16(31)6-8-21(17)40-22-7-5-15(30(32,33)34)9-18(22)35(38)39/h5-10,25H,11-14H2,1-4H3. The van der Waals surface area contributed by atoms with Crippen LogP contribution in [-0.2, 0) is 20.5 Å². The van der Waals surface area contributed by atoms with E-state index in [2.05, 4.69) is 0 Å². The number of ketones is 2. The summed E-state index contributed by atoms with van der Waals surface area (Å²) in [6.45, 7) is 7.80. The number of hydrogen-bond acceptors (Lipinski definition) is 6. The highest BCUT2D eigenvalue weighted by Gasteiger charge is 2.48. The van der Waals surface area contributed by atoms with Gasteiger partial charge in [0.25, 0.3) is 0 Å². The third-order valence-corrected chi connectivity index (χ3v) is 7.80. The molecule has 7 nitrogen and oxygen atoms in total. The van der Waals surface area contributed by atoms with Crippen molar-refractivity contribution >= 4 is 28.9 Å². The highest BCUT2D eigenvalue weighted by atomic mass is 35.5. The maximum absolute atomic E-state index is 13.6. The Labute approximate surface area is 239 Å². The van der Waals surface area contributed by atoms with E-state index in [1.54, 1.807) is 0 Å². The molecule has 0 atom stereocenters. The van der Waals surface area contributed by atoms with Crippen LogP contribution in [0.5, 0.6) is 11.5 Å². The van der Waals surface area contributed by atoms with E-state index in [0.717, 1.165) is 6.07 Å². The number of allylic oxidation sites excluding steroid dienone is 4. The topological polar surface area (TPSA) is 95.7 Å². The Morgan fingerprint density at radius 1 is 0.902 bits per heavy atom. The van der Waals surface area contributed by atoms with Crippen LogP contribution in [-0.4, -0.2) is 16.5 Å². The summed E-state index contributed by atoms with van der Waals surface area (Å²) in [4.78, 5) is 38.0. The number of nitrogens with zero attached hydrogens (tertiary/aromatic N) is 1. The Kier molecular flexibility index (Phi) is 6.84. The molecule has 2 aromatic rings. The Bertz CT molecular complexity index is 1520. The van der Waals surface area contributed by atoms with Crippen molar-refractivity contribution < 1.29 is 37.2 Å². The fourth-order valence-corrected chi connectivity index (χ4v) is 6.05.